The summed E-state index contributed by atoms with van der Waals surface area (Å²) in [6, 6.07) is 7.82. The average Bonchev–Trinajstić information content (AvgIpc) is 2.78. The Hall–Kier alpha value is -1.39. The van der Waals surface area contributed by atoms with Crippen molar-refractivity contribution < 1.29 is 5.11 Å². The number of rotatable bonds is 4. The molecule has 4 nitrogen and oxygen atoms in total. The highest BCUT2D eigenvalue weighted by Crippen LogP contribution is 2.21. The maximum atomic E-state index is 9.58. The minimum atomic E-state index is -0.224. The van der Waals surface area contributed by atoms with Crippen LogP contribution in [0.15, 0.2) is 24.3 Å². The van der Waals surface area contributed by atoms with Gasteiger partial charge in [0.25, 0.3) is 0 Å². The van der Waals surface area contributed by atoms with Gasteiger partial charge in [-0.15, -0.1) is 0 Å². The van der Waals surface area contributed by atoms with Crippen LogP contribution in [0.3, 0.4) is 0 Å². The van der Waals surface area contributed by atoms with Gasteiger partial charge in [0.2, 0.25) is 0 Å². The standard InChI is InChI=1S/C14H21N3O/c1-10(18)13-5-6-17(9-13)8-11-3-2-4-12(7-11)14(15)16/h2-4,7,10,13,18H,5-6,8-9H2,1H3,(H3,15,16). The molecular weight excluding hydrogens is 226 g/mol. The van der Waals surface area contributed by atoms with Crippen LogP contribution in [0.25, 0.3) is 0 Å². The van der Waals surface area contributed by atoms with Crippen LogP contribution < -0.4 is 5.73 Å². The molecule has 0 aliphatic carbocycles. The van der Waals surface area contributed by atoms with Crippen LogP contribution in [0, 0.1) is 11.3 Å². The first-order valence-corrected chi connectivity index (χ1v) is 6.40. The molecule has 4 N–H and O–H groups in total. The Morgan fingerprint density at radius 2 is 2.39 bits per heavy atom. The van der Waals surface area contributed by atoms with Crippen LogP contribution in [-0.2, 0) is 6.54 Å². The highest BCUT2D eigenvalue weighted by Gasteiger charge is 2.25. The fourth-order valence-electron chi connectivity index (χ4n) is 2.50. The minimum absolute atomic E-state index is 0.111. The minimum Gasteiger partial charge on any atom is -0.393 e. The van der Waals surface area contributed by atoms with E-state index in [0.717, 1.165) is 31.6 Å². The van der Waals surface area contributed by atoms with E-state index in [9.17, 15) is 5.11 Å². The van der Waals surface area contributed by atoms with Gasteiger partial charge in [-0.25, -0.2) is 0 Å². The third-order valence-electron chi connectivity index (χ3n) is 3.64. The molecule has 1 heterocycles. The van der Waals surface area contributed by atoms with E-state index >= 15 is 0 Å². The van der Waals surface area contributed by atoms with E-state index in [-0.39, 0.29) is 11.9 Å². The molecule has 0 saturated carbocycles. The Bertz CT molecular complexity index is 431. The molecule has 2 rings (SSSR count). The molecule has 0 bridgehead atoms. The van der Waals surface area contributed by atoms with Crippen LogP contribution in [0.1, 0.15) is 24.5 Å². The van der Waals surface area contributed by atoms with Crippen molar-refractivity contribution in [3.8, 4) is 0 Å². The van der Waals surface area contributed by atoms with Gasteiger partial charge in [-0.1, -0.05) is 18.2 Å². The molecule has 4 heteroatoms. The van der Waals surface area contributed by atoms with E-state index in [4.69, 9.17) is 11.1 Å². The molecule has 0 spiro atoms. The molecule has 1 aromatic rings. The highest BCUT2D eigenvalue weighted by atomic mass is 16.3. The molecule has 0 aromatic heterocycles. The van der Waals surface area contributed by atoms with Crippen molar-refractivity contribution >= 4 is 5.84 Å². The van der Waals surface area contributed by atoms with Crippen molar-refractivity contribution in [1.29, 1.82) is 5.41 Å². The van der Waals surface area contributed by atoms with Gasteiger partial charge in [-0.05, 0) is 37.4 Å². The largest absolute Gasteiger partial charge is 0.393 e. The van der Waals surface area contributed by atoms with Gasteiger partial charge < -0.3 is 10.8 Å². The first kappa shape index (κ1) is 13.1. The molecule has 1 saturated heterocycles. The van der Waals surface area contributed by atoms with E-state index in [1.54, 1.807) is 0 Å². The van der Waals surface area contributed by atoms with Gasteiger partial charge in [0.1, 0.15) is 5.84 Å². The lowest BCUT2D eigenvalue weighted by atomic mass is 10.0. The van der Waals surface area contributed by atoms with Crippen molar-refractivity contribution in [1.82, 2.24) is 4.90 Å². The van der Waals surface area contributed by atoms with Gasteiger partial charge in [0.05, 0.1) is 6.10 Å². The quantitative estimate of drug-likeness (QED) is 0.552. The number of nitrogens with one attached hydrogen (secondary N) is 1. The van der Waals surface area contributed by atoms with Crippen molar-refractivity contribution in [3.05, 3.63) is 35.4 Å². The monoisotopic (exact) mass is 247 g/mol. The average molecular weight is 247 g/mol. The van der Waals surface area contributed by atoms with Gasteiger partial charge in [0.15, 0.2) is 0 Å². The van der Waals surface area contributed by atoms with Crippen LogP contribution in [0.2, 0.25) is 0 Å². The Morgan fingerprint density at radius 1 is 1.61 bits per heavy atom. The lowest BCUT2D eigenvalue weighted by Crippen LogP contribution is -2.24. The summed E-state index contributed by atoms with van der Waals surface area (Å²) in [6.45, 7) is 4.71. The first-order chi connectivity index (χ1) is 8.56. The number of hydrogen-bond donors (Lipinski definition) is 3. The van der Waals surface area contributed by atoms with Gasteiger partial charge in [-0.3, -0.25) is 10.3 Å². The summed E-state index contributed by atoms with van der Waals surface area (Å²) in [4.78, 5) is 2.34. The summed E-state index contributed by atoms with van der Waals surface area (Å²) in [5.41, 5.74) is 7.44. The van der Waals surface area contributed by atoms with E-state index < -0.39 is 0 Å². The molecule has 1 aromatic carbocycles. The fourth-order valence-corrected chi connectivity index (χ4v) is 2.50. The molecule has 18 heavy (non-hydrogen) atoms. The third kappa shape index (κ3) is 3.09. The Balaban J connectivity index is 1.98. The Labute approximate surface area is 108 Å². The van der Waals surface area contributed by atoms with Gasteiger partial charge >= 0.3 is 0 Å². The predicted molar refractivity (Wildman–Crippen MR) is 72.5 cm³/mol. The molecule has 2 atom stereocenters. The van der Waals surface area contributed by atoms with E-state index in [0.29, 0.717) is 5.92 Å². The maximum absolute atomic E-state index is 9.58. The topological polar surface area (TPSA) is 73.3 Å². The molecule has 2 unspecified atom stereocenters. The van der Waals surface area contributed by atoms with Crippen molar-refractivity contribution in [2.24, 2.45) is 11.7 Å². The second-order valence-corrected chi connectivity index (χ2v) is 5.14. The Morgan fingerprint density at radius 3 is 3.00 bits per heavy atom. The smallest absolute Gasteiger partial charge is 0.122 e. The lowest BCUT2D eigenvalue weighted by Gasteiger charge is -2.17. The van der Waals surface area contributed by atoms with Gasteiger partial charge in [-0.2, -0.15) is 0 Å². The van der Waals surface area contributed by atoms with Crippen LogP contribution in [0.5, 0.6) is 0 Å². The molecule has 0 amide bonds. The normalized spacial score (nSPS) is 22.0. The number of likely N-dealkylation sites (tertiary alicyclic amines) is 1. The molecule has 0 radical (unpaired) electrons. The van der Waals surface area contributed by atoms with Crippen molar-refractivity contribution in [2.45, 2.75) is 26.0 Å². The van der Waals surface area contributed by atoms with E-state index in [1.165, 1.54) is 5.56 Å². The maximum Gasteiger partial charge on any atom is 0.122 e. The van der Waals surface area contributed by atoms with Crippen molar-refractivity contribution in [3.63, 3.8) is 0 Å². The number of aliphatic hydroxyl groups excluding tert-OH is 1. The second kappa shape index (κ2) is 5.50. The van der Waals surface area contributed by atoms with E-state index in [1.807, 2.05) is 25.1 Å². The summed E-state index contributed by atoms with van der Waals surface area (Å²) < 4.78 is 0. The zero-order valence-electron chi connectivity index (χ0n) is 10.8. The summed E-state index contributed by atoms with van der Waals surface area (Å²) in [7, 11) is 0. The zero-order valence-corrected chi connectivity index (χ0v) is 10.8. The number of nitrogens with zero attached hydrogens (tertiary/aromatic N) is 1. The first-order valence-electron chi connectivity index (χ1n) is 6.40. The number of hydrogen-bond acceptors (Lipinski definition) is 3. The number of benzene rings is 1. The Kier molecular flexibility index (Phi) is 3.99. The van der Waals surface area contributed by atoms with Crippen LogP contribution >= 0.6 is 0 Å². The summed E-state index contributed by atoms with van der Waals surface area (Å²) in [6.07, 6.45) is 0.836. The number of nitrogen functional groups attached to an aromatic ring is 1. The van der Waals surface area contributed by atoms with E-state index in [2.05, 4.69) is 11.0 Å². The molecule has 1 fully saturated rings. The second-order valence-electron chi connectivity index (χ2n) is 5.14. The molecule has 1 aliphatic heterocycles. The van der Waals surface area contributed by atoms with Crippen LogP contribution in [-0.4, -0.2) is 35.0 Å². The fraction of sp³-hybridized carbons (Fsp3) is 0.500. The SMILES string of the molecule is CC(O)C1CCN(Cc2cccc(C(=N)N)c2)C1. The van der Waals surface area contributed by atoms with Gasteiger partial charge in [0, 0.05) is 18.7 Å². The molecular formula is C14H21N3O. The molecule has 98 valence electrons. The number of nitrogens with two attached hydrogens (primary N) is 1. The predicted octanol–water partition coefficient (Wildman–Crippen LogP) is 1.17. The lowest BCUT2D eigenvalue weighted by molar-refractivity contribution is 0.127. The van der Waals surface area contributed by atoms with Crippen molar-refractivity contribution in [2.75, 3.05) is 13.1 Å². The highest BCUT2D eigenvalue weighted by molar-refractivity contribution is 5.95. The third-order valence-corrected chi connectivity index (χ3v) is 3.64. The summed E-state index contributed by atoms with van der Waals surface area (Å²) >= 11 is 0. The number of aliphatic hydroxyl groups is 1. The summed E-state index contributed by atoms with van der Waals surface area (Å²) in [5, 5.41) is 17.0. The zero-order chi connectivity index (χ0) is 13.1. The summed E-state index contributed by atoms with van der Waals surface area (Å²) in [5.74, 6) is 0.501. The number of amidine groups is 1. The van der Waals surface area contributed by atoms with Crippen LogP contribution in [0.4, 0.5) is 0 Å². The molecule has 1 aliphatic rings.